The van der Waals surface area contributed by atoms with E-state index in [0.29, 0.717) is 6.42 Å². The van der Waals surface area contributed by atoms with Crippen molar-refractivity contribution in [3.8, 4) is 23.2 Å². The molecule has 0 N–H and O–H groups in total. The Bertz CT molecular complexity index is 1240. The summed E-state index contributed by atoms with van der Waals surface area (Å²) in [4.78, 5) is 8.87. The Kier molecular flexibility index (Phi) is 3.28. The number of imidazole rings is 2. The molecule has 132 valence electrons. The van der Waals surface area contributed by atoms with Gasteiger partial charge in [-0.1, -0.05) is 11.3 Å². The van der Waals surface area contributed by atoms with Crippen molar-refractivity contribution in [1.82, 2.24) is 34.1 Å². The standard InChI is InChI=1S/C20H17N7/c1-13-4-7-18-20(8-13)27-16(11-23-24-27)9-19-17(22-12-26(18)19)6-5-15-10-21-14(2)25(15)3/h4,7-8,10-12H,9H2,1-3H3. The predicted octanol–water partition coefficient (Wildman–Crippen LogP) is 2.11. The van der Waals surface area contributed by atoms with E-state index >= 15 is 0 Å². The first kappa shape index (κ1) is 15.6. The molecular formula is C20H17N7. The number of fused-ring (bicyclic) bond motifs is 5. The molecule has 1 aromatic carbocycles. The van der Waals surface area contributed by atoms with Gasteiger partial charge in [-0.15, -0.1) is 5.10 Å². The number of hydrogen-bond donors (Lipinski definition) is 0. The molecule has 0 aliphatic carbocycles. The molecule has 0 amide bonds. The SMILES string of the molecule is Cc1ccc2c(c1)-n1nncc1Cc1c(C#Cc3cnc(C)n3C)ncn1-2. The number of rotatable bonds is 0. The fraction of sp³-hybridized carbons (Fsp3) is 0.200. The fourth-order valence-electron chi connectivity index (χ4n) is 3.35. The Balaban J connectivity index is 1.68. The minimum atomic E-state index is 0.662. The molecule has 0 spiro atoms. The smallest absolute Gasteiger partial charge is 0.135 e. The lowest BCUT2D eigenvalue weighted by Crippen LogP contribution is -2.03. The largest absolute Gasteiger partial charge is 0.325 e. The van der Waals surface area contributed by atoms with Crippen molar-refractivity contribution in [3.63, 3.8) is 0 Å². The Labute approximate surface area is 156 Å². The van der Waals surface area contributed by atoms with E-state index in [1.807, 2.05) is 29.5 Å². The maximum atomic E-state index is 4.58. The molecule has 0 saturated heterocycles. The molecule has 7 nitrogen and oxygen atoms in total. The van der Waals surface area contributed by atoms with Crippen LogP contribution in [0.5, 0.6) is 0 Å². The summed E-state index contributed by atoms with van der Waals surface area (Å²) in [5.74, 6) is 7.35. The van der Waals surface area contributed by atoms with Gasteiger partial charge in [0.2, 0.25) is 0 Å². The average molecular weight is 355 g/mol. The van der Waals surface area contributed by atoms with E-state index in [1.165, 1.54) is 5.56 Å². The molecular weight excluding hydrogens is 338 g/mol. The Morgan fingerprint density at radius 3 is 2.74 bits per heavy atom. The van der Waals surface area contributed by atoms with E-state index in [1.54, 1.807) is 12.4 Å². The van der Waals surface area contributed by atoms with Gasteiger partial charge in [-0.2, -0.15) is 0 Å². The van der Waals surface area contributed by atoms with E-state index in [0.717, 1.165) is 40.0 Å². The maximum absolute atomic E-state index is 4.58. The summed E-state index contributed by atoms with van der Waals surface area (Å²) >= 11 is 0. The summed E-state index contributed by atoms with van der Waals surface area (Å²) in [5.41, 5.74) is 6.87. The molecule has 0 fully saturated rings. The first-order chi connectivity index (χ1) is 13.1. The van der Waals surface area contributed by atoms with Crippen molar-refractivity contribution in [2.24, 2.45) is 7.05 Å². The average Bonchev–Trinajstić information content (AvgIpc) is 3.34. The number of hydrogen-bond acceptors (Lipinski definition) is 4. The molecule has 1 aliphatic rings. The monoisotopic (exact) mass is 355 g/mol. The van der Waals surface area contributed by atoms with Crippen molar-refractivity contribution >= 4 is 0 Å². The molecule has 0 bridgehead atoms. The Hall–Kier alpha value is -3.66. The van der Waals surface area contributed by atoms with Gasteiger partial charge < -0.3 is 4.57 Å². The summed E-state index contributed by atoms with van der Waals surface area (Å²) in [6.07, 6.45) is 6.08. The second-order valence-electron chi connectivity index (χ2n) is 6.72. The lowest BCUT2D eigenvalue weighted by atomic mass is 10.2. The van der Waals surface area contributed by atoms with Crippen molar-refractivity contribution in [3.05, 3.63) is 71.1 Å². The molecule has 4 heterocycles. The van der Waals surface area contributed by atoms with Crippen LogP contribution in [-0.4, -0.2) is 34.1 Å². The van der Waals surface area contributed by atoms with E-state index in [4.69, 9.17) is 0 Å². The molecule has 0 atom stereocenters. The molecule has 0 radical (unpaired) electrons. The molecule has 27 heavy (non-hydrogen) atoms. The van der Waals surface area contributed by atoms with Crippen LogP contribution in [0.4, 0.5) is 0 Å². The van der Waals surface area contributed by atoms with Gasteiger partial charge in [0.15, 0.2) is 0 Å². The Morgan fingerprint density at radius 2 is 1.93 bits per heavy atom. The summed E-state index contributed by atoms with van der Waals surface area (Å²) in [6.45, 7) is 4.03. The normalized spacial score (nSPS) is 11.8. The highest BCUT2D eigenvalue weighted by molar-refractivity contribution is 5.58. The molecule has 3 aromatic heterocycles. The van der Waals surface area contributed by atoms with E-state index in [2.05, 4.69) is 61.8 Å². The zero-order chi connectivity index (χ0) is 18.5. The molecule has 5 rings (SSSR count). The van der Waals surface area contributed by atoms with Crippen LogP contribution in [0.25, 0.3) is 11.4 Å². The van der Waals surface area contributed by atoms with Gasteiger partial charge in [0.25, 0.3) is 0 Å². The number of aromatic nitrogens is 7. The zero-order valence-electron chi connectivity index (χ0n) is 15.3. The lowest BCUT2D eigenvalue weighted by Gasteiger charge is -2.10. The van der Waals surface area contributed by atoms with E-state index < -0.39 is 0 Å². The van der Waals surface area contributed by atoms with Crippen LogP contribution in [-0.2, 0) is 13.5 Å². The molecule has 4 aromatic rings. The minimum Gasteiger partial charge on any atom is -0.325 e. The van der Waals surface area contributed by atoms with Crippen molar-refractivity contribution in [2.75, 3.05) is 0 Å². The van der Waals surface area contributed by atoms with Crippen LogP contribution >= 0.6 is 0 Å². The van der Waals surface area contributed by atoms with Gasteiger partial charge in [-0.25, -0.2) is 14.6 Å². The van der Waals surface area contributed by atoms with Crippen molar-refractivity contribution in [1.29, 1.82) is 0 Å². The lowest BCUT2D eigenvalue weighted by molar-refractivity contribution is 0.777. The summed E-state index contributed by atoms with van der Waals surface area (Å²) in [5, 5.41) is 8.39. The van der Waals surface area contributed by atoms with E-state index in [-0.39, 0.29) is 0 Å². The maximum Gasteiger partial charge on any atom is 0.135 e. The van der Waals surface area contributed by atoms with Crippen LogP contribution in [0.3, 0.4) is 0 Å². The number of aryl methyl sites for hydroxylation is 2. The topological polar surface area (TPSA) is 66.3 Å². The quantitative estimate of drug-likeness (QED) is 0.399. The van der Waals surface area contributed by atoms with Crippen LogP contribution in [0.1, 0.15) is 34.2 Å². The van der Waals surface area contributed by atoms with Gasteiger partial charge in [-0.05, 0) is 43.4 Å². The summed E-state index contributed by atoms with van der Waals surface area (Å²) < 4.78 is 5.97. The highest BCUT2D eigenvalue weighted by atomic mass is 15.4. The van der Waals surface area contributed by atoms with Gasteiger partial charge in [0.1, 0.15) is 23.5 Å². The van der Waals surface area contributed by atoms with Crippen LogP contribution in [0.2, 0.25) is 0 Å². The predicted molar refractivity (Wildman–Crippen MR) is 99.9 cm³/mol. The number of benzene rings is 1. The second-order valence-corrected chi connectivity index (χ2v) is 6.72. The van der Waals surface area contributed by atoms with Gasteiger partial charge >= 0.3 is 0 Å². The summed E-state index contributed by atoms with van der Waals surface area (Å²) in [6, 6.07) is 6.30. The van der Waals surface area contributed by atoms with Crippen LogP contribution < -0.4 is 0 Å². The third kappa shape index (κ3) is 2.38. The highest BCUT2D eigenvalue weighted by Gasteiger charge is 2.22. The van der Waals surface area contributed by atoms with Crippen molar-refractivity contribution < 1.29 is 0 Å². The summed E-state index contributed by atoms with van der Waals surface area (Å²) in [7, 11) is 1.96. The van der Waals surface area contributed by atoms with Crippen LogP contribution in [0.15, 0.2) is 36.9 Å². The zero-order valence-corrected chi connectivity index (χ0v) is 15.3. The van der Waals surface area contributed by atoms with Gasteiger partial charge in [0.05, 0.1) is 35.2 Å². The van der Waals surface area contributed by atoms with Crippen LogP contribution in [0, 0.1) is 25.7 Å². The van der Waals surface area contributed by atoms with Crippen molar-refractivity contribution in [2.45, 2.75) is 20.3 Å². The highest BCUT2D eigenvalue weighted by Crippen LogP contribution is 2.29. The number of nitrogens with zero attached hydrogens (tertiary/aromatic N) is 7. The Morgan fingerprint density at radius 1 is 1.04 bits per heavy atom. The van der Waals surface area contributed by atoms with Gasteiger partial charge in [0, 0.05) is 13.5 Å². The molecule has 0 saturated carbocycles. The molecule has 0 unspecified atom stereocenters. The first-order valence-corrected chi connectivity index (χ1v) is 8.69. The molecule has 1 aliphatic heterocycles. The molecule has 7 heteroatoms. The first-order valence-electron chi connectivity index (χ1n) is 8.69. The second kappa shape index (κ2) is 5.68. The van der Waals surface area contributed by atoms with E-state index in [9.17, 15) is 0 Å². The third-order valence-corrected chi connectivity index (χ3v) is 4.98. The fourth-order valence-corrected chi connectivity index (χ4v) is 3.35. The van der Waals surface area contributed by atoms with Gasteiger partial charge in [-0.3, -0.25) is 4.57 Å². The third-order valence-electron chi connectivity index (χ3n) is 4.98. The minimum absolute atomic E-state index is 0.662.